The number of hydrogen-bond donors (Lipinski definition) is 2. The molecule has 0 aromatic carbocycles. The molecule has 1 fully saturated rings. The minimum absolute atomic E-state index is 0.0756. The fourth-order valence-electron chi connectivity index (χ4n) is 2.33. The summed E-state index contributed by atoms with van der Waals surface area (Å²) in [6, 6.07) is 0. The highest BCUT2D eigenvalue weighted by Gasteiger charge is 2.43. The number of aliphatic hydroxyl groups excluding tert-OH is 1. The van der Waals surface area contributed by atoms with Gasteiger partial charge in [-0.25, -0.2) is 0 Å². The van der Waals surface area contributed by atoms with Gasteiger partial charge in [0.1, 0.15) is 0 Å². The SMILES string of the molecule is CCN(CC)CCNC1(CO)CC(OC)C1. The zero-order valence-electron chi connectivity index (χ0n) is 10.8. The van der Waals surface area contributed by atoms with Crippen molar-refractivity contribution in [1.29, 1.82) is 0 Å². The molecule has 1 aliphatic rings. The Labute approximate surface area is 99.0 Å². The van der Waals surface area contributed by atoms with Gasteiger partial charge in [-0.05, 0) is 25.9 Å². The Hall–Kier alpha value is -0.160. The van der Waals surface area contributed by atoms with Crippen molar-refractivity contribution in [2.24, 2.45) is 0 Å². The average molecular weight is 230 g/mol. The molecule has 0 unspecified atom stereocenters. The fraction of sp³-hybridized carbons (Fsp3) is 1.00. The molecule has 0 saturated heterocycles. The van der Waals surface area contributed by atoms with Crippen molar-refractivity contribution < 1.29 is 9.84 Å². The van der Waals surface area contributed by atoms with Crippen molar-refractivity contribution in [2.45, 2.75) is 38.3 Å². The van der Waals surface area contributed by atoms with E-state index in [0.717, 1.165) is 39.0 Å². The Morgan fingerprint density at radius 2 is 2.00 bits per heavy atom. The fourth-order valence-corrected chi connectivity index (χ4v) is 2.33. The maximum absolute atomic E-state index is 9.40. The van der Waals surface area contributed by atoms with Gasteiger partial charge in [0.15, 0.2) is 0 Å². The molecule has 0 atom stereocenters. The Morgan fingerprint density at radius 3 is 2.44 bits per heavy atom. The van der Waals surface area contributed by atoms with Crippen LogP contribution < -0.4 is 5.32 Å². The standard InChI is InChI=1S/C12H26N2O2/c1-4-14(5-2)7-6-13-12(10-15)8-11(9-12)16-3/h11,13,15H,4-10H2,1-3H3. The van der Waals surface area contributed by atoms with Crippen molar-refractivity contribution in [3.63, 3.8) is 0 Å². The number of aliphatic hydroxyl groups is 1. The second-order valence-electron chi connectivity index (χ2n) is 4.66. The summed E-state index contributed by atoms with van der Waals surface area (Å²) in [4.78, 5) is 2.38. The van der Waals surface area contributed by atoms with Gasteiger partial charge in [0, 0.05) is 25.7 Å². The molecule has 0 heterocycles. The lowest BCUT2D eigenvalue weighted by Gasteiger charge is -2.46. The van der Waals surface area contributed by atoms with Gasteiger partial charge in [0.25, 0.3) is 0 Å². The van der Waals surface area contributed by atoms with Crippen LogP contribution in [0.3, 0.4) is 0 Å². The van der Waals surface area contributed by atoms with E-state index in [-0.39, 0.29) is 12.1 Å². The van der Waals surface area contributed by atoms with E-state index in [0.29, 0.717) is 6.10 Å². The van der Waals surface area contributed by atoms with Crippen LogP contribution in [0.1, 0.15) is 26.7 Å². The van der Waals surface area contributed by atoms with E-state index in [9.17, 15) is 5.11 Å². The highest BCUT2D eigenvalue weighted by Crippen LogP contribution is 2.33. The zero-order valence-corrected chi connectivity index (χ0v) is 10.8. The van der Waals surface area contributed by atoms with Gasteiger partial charge in [0.05, 0.1) is 12.7 Å². The molecule has 1 aliphatic carbocycles. The Balaban J connectivity index is 2.20. The zero-order chi connectivity index (χ0) is 12.0. The molecule has 16 heavy (non-hydrogen) atoms. The van der Waals surface area contributed by atoms with Crippen LogP contribution in [0.25, 0.3) is 0 Å². The number of hydrogen-bond acceptors (Lipinski definition) is 4. The van der Waals surface area contributed by atoms with Gasteiger partial charge in [-0.2, -0.15) is 0 Å². The molecule has 0 aliphatic heterocycles. The van der Waals surface area contributed by atoms with E-state index < -0.39 is 0 Å². The molecule has 2 N–H and O–H groups in total. The van der Waals surface area contributed by atoms with Crippen molar-refractivity contribution in [1.82, 2.24) is 10.2 Å². The minimum Gasteiger partial charge on any atom is -0.394 e. The molecule has 4 nitrogen and oxygen atoms in total. The summed E-state index contributed by atoms with van der Waals surface area (Å²) >= 11 is 0. The summed E-state index contributed by atoms with van der Waals surface area (Å²) in [5, 5.41) is 12.9. The van der Waals surface area contributed by atoms with Gasteiger partial charge in [0.2, 0.25) is 0 Å². The molecule has 0 spiro atoms. The number of rotatable bonds is 8. The first-order valence-electron chi connectivity index (χ1n) is 6.30. The van der Waals surface area contributed by atoms with Crippen LogP contribution in [0.5, 0.6) is 0 Å². The minimum atomic E-state index is -0.0756. The quantitative estimate of drug-likeness (QED) is 0.636. The topological polar surface area (TPSA) is 44.7 Å². The van der Waals surface area contributed by atoms with Crippen LogP contribution in [0.15, 0.2) is 0 Å². The van der Waals surface area contributed by atoms with E-state index in [4.69, 9.17) is 4.74 Å². The Bertz CT molecular complexity index is 189. The predicted molar refractivity (Wildman–Crippen MR) is 65.6 cm³/mol. The van der Waals surface area contributed by atoms with Crippen molar-refractivity contribution in [3.8, 4) is 0 Å². The third-order valence-corrected chi connectivity index (χ3v) is 3.70. The Kier molecular flexibility index (Phi) is 5.69. The molecule has 1 rings (SSSR count). The van der Waals surface area contributed by atoms with Crippen molar-refractivity contribution in [3.05, 3.63) is 0 Å². The van der Waals surface area contributed by atoms with E-state index in [1.807, 2.05) is 0 Å². The first-order valence-corrected chi connectivity index (χ1v) is 6.30. The predicted octanol–water partition coefficient (Wildman–Crippen LogP) is 0.458. The third kappa shape index (κ3) is 3.42. The van der Waals surface area contributed by atoms with Crippen LogP contribution >= 0.6 is 0 Å². The third-order valence-electron chi connectivity index (χ3n) is 3.70. The van der Waals surface area contributed by atoms with E-state index in [1.165, 1.54) is 0 Å². The van der Waals surface area contributed by atoms with Gasteiger partial charge in [-0.3, -0.25) is 0 Å². The second kappa shape index (κ2) is 6.55. The molecule has 1 saturated carbocycles. The first kappa shape index (κ1) is 13.9. The lowest BCUT2D eigenvalue weighted by molar-refractivity contribution is -0.0528. The molecule has 0 aromatic heterocycles. The molecule has 0 bridgehead atoms. The molecular formula is C12H26N2O2. The summed E-state index contributed by atoms with van der Waals surface area (Å²) in [7, 11) is 1.74. The van der Waals surface area contributed by atoms with Gasteiger partial charge >= 0.3 is 0 Å². The molecular weight excluding hydrogens is 204 g/mol. The number of ether oxygens (including phenoxy) is 1. The maximum Gasteiger partial charge on any atom is 0.0615 e. The van der Waals surface area contributed by atoms with E-state index in [1.54, 1.807) is 7.11 Å². The highest BCUT2D eigenvalue weighted by atomic mass is 16.5. The van der Waals surface area contributed by atoms with Crippen LogP contribution in [0.2, 0.25) is 0 Å². The highest BCUT2D eigenvalue weighted by molar-refractivity contribution is 5.01. The van der Waals surface area contributed by atoms with Crippen LogP contribution in [0, 0.1) is 0 Å². The maximum atomic E-state index is 9.40. The molecule has 0 radical (unpaired) electrons. The molecule has 0 amide bonds. The number of nitrogens with zero attached hydrogens (tertiary/aromatic N) is 1. The summed E-state index contributed by atoms with van der Waals surface area (Å²) < 4.78 is 5.25. The van der Waals surface area contributed by atoms with E-state index >= 15 is 0 Å². The molecule has 4 heteroatoms. The van der Waals surface area contributed by atoms with Crippen molar-refractivity contribution >= 4 is 0 Å². The smallest absolute Gasteiger partial charge is 0.0615 e. The molecule has 96 valence electrons. The summed E-state index contributed by atoms with van der Waals surface area (Å²) in [6.45, 7) is 8.73. The van der Waals surface area contributed by atoms with Gasteiger partial charge in [-0.1, -0.05) is 13.8 Å². The monoisotopic (exact) mass is 230 g/mol. The second-order valence-corrected chi connectivity index (χ2v) is 4.66. The number of nitrogens with one attached hydrogen (secondary N) is 1. The first-order chi connectivity index (χ1) is 7.69. The number of likely N-dealkylation sites (N-methyl/N-ethyl adjacent to an activating group) is 1. The van der Waals surface area contributed by atoms with Crippen molar-refractivity contribution in [2.75, 3.05) is 39.9 Å². The van der Waals surface area contributed by atoms with E-state index in [2.05, 4.69) is 24.1 Å². The largest absolute Gasteiger partial charge is 0.394 e. The lowest BCUT2D eigenvalue weighted by Crippen LogP contribution is -2.61. The van der Waals surface area contributed by atoms with Crippen LogP contribution in [-0.4, -0.2) is 61.5 Å². The van der Waals surface area contributed by atoms with Gasteiger partial charge in [-0.15, -0.1) is 0 Å². The summed E-state index contributed by atoms with van der Waals surface area (Å²) in [5.74, 6) is 0. The van der Waals surface area contributed by atoms with Gasteiger partial charge < -0.3 is 20.1 Å². The Morgan fingerprint density at radius 1 is 1.38 bits per heavy atom. The van der Waals surface area contributed by atoms with Crippen LogP contribution in [0.4, 0.5) is 0 Å². The average Bonchev–Trinajstić information content (AvgIpc) is 2.27. The lowest BCUT2D eigenvalue weighted by atomic mass is 9.74. The molecule has 0 aromatic rings. The van der Waals surface area contributed by atoms with Crippen LogP contribution in [-0.2, 0) is 4.74 Å². The summed E-state index contributed by atoms with van der Waals surface area (Å²) in [6.07, 6.45) is 2.18. The normalized spacial score (nSPS) is 29.4. The number of methoxy groups -OCH3 is 1. The summed E-state index contributed by atoms with van der Waals surface area (Å²) in [5.41, 5.74) is -0.0756.